The van der Waals surface area contributed by atoms with E-state index in [-0.39, 0.29) is 59.2 Å². The van der Waals surface area contributed by atoms with Crippen molar-refractivity contribution in [2.24, 2.45) is 40.4 Å². The number of ether oxygens (including phenoxy) is 4. The summed E-state index contributed by atoms with van der Waals surface area (Å²) in [6.07, 6.45) is 1.36. The molecule has 8 nitrogen and oxygen atoms in total. The average Bonchev–Trinajstić information content (AvgIpc) is 3.38. The van der Waals surface area contributed by atoms with E-state index in [2.05, 4.69) is 11.8 Å². The molecule has 7 bridgehead atoms. The summed E-state index contributed by atoms with van der Waals surface area (Å²) in [5.41, 5.74) is -1.28. The van der Waals surface area contributed by atoms with E-state index in [4.69, 9.17) is 18.9 Å². The second kappa shape index (κ2) is 8.97. The van der Waals surface area contributed by atoms with Crippen molar-refractivity contribution in [3.8, 4) is 0 Å². The van der Waals surface area contributed by atoms with Crippen LogP contribution in [0.2, 0.25) is 0 Å². The second-order valence-corrected chi connectivity index (χ2v) is 13.3. The Morgan fingerprint density at radius 3 is 2.54 bits per heavy atom. The number of esters is 1. The first-order chi connectivity index (χ1) is 18.8. The molecule has 1 saturated heterocycles. The van der Waals surface area contributed by atoms with Crippen molar-refractivity contribution in [2.45, 2.75) is 68.7 Å². The second-order valence-electron chi connectivity index (χ2n) is 13.3. The minimum absolute atomic E-state index is 0.0104. The summed E-state index contributed by atoms with van der Waals surface area (Å²) in [6.45, 7) is 4.51. The average molecular weight is 542 g/mol. The number of aliphatic hydroxyl groups is 2. The topological polar surface area (TPSA) is 97.7 Å². The Morgan fingerprint density at radius 1 is 1.10 bits per heavy atom. The van der Waals surface area contributed by atoms with E-state index >= 15 is 0 Å². The molecular formula is C31H43NO7. The maximum Gasteiger partial charge on any atom is 0.338 e. The zero-order valence-corrected chi connectivity index (χ0v) is 23.5. The molecule has 1 aromatic rings. The fourth-order valence-electron chi connectivity index (χ4n) is 11.6. The Labute approximate surface area is 230 Å². The lowest BCUT2D eigenvalue weighted by atomic mass is 9.43. The van der Waals surface area contributed by atoms with E-state index in [1.165, 1.54) is 0 Å². The van der Waals surface area contributed by atoms with Crippen molar-refractivity contribution >= 4 is 5.97 Å². The van der Waals surface area contributed by atoms with Gasteiger partial charge in [-0.2, -0.15) is 0 Å². The number of methoxy groups -OCH3 is 3. The molecule has 5 saturated carbocycles. The lowest BCUT2D eigenvalue weighted by molar-refractivity contribution is -0.272. The van der Waals surface area contributed by atoms with Gasteiger partial charge in [0.2, 0.25) is 0 Å². The molecule has 2 N–H and O–H groups in total. The Bertz CT molecular complexity index is 1120. The summed E-state index contributed by atoms with van der Waals surface area (Å²) in [7, 11) is 5.24. The maximum absolute atomic E-state index is 13.4. The first-order valence-electron chi connectivity index (χ1n) is 14.8. The number of fused-ring (bicyclic) bond motifs is 2. The number of hydrogen-bond acceptors (Lipinski definition) is 8. The van der Waals surface area contributed by atoms with E-state index in [0.29, 0.717) is 25.0 Å². The highest BCUT2D eigenvalue weighted by Crippen LogP contribution is 2.79. The molecule has 8 heteroatoms. The Kier molecular flexibility index (Phi) is 6.06. The molecule has 39 heavy (non-hydrogen) atoms. The monoisotopic (exact) mass is 541 g/mol. The van der Waals surface area contributed by atoms with Crippen LogP contribution in [0.15, 0.2) is 30.3 Å². The molecule has 0 amide bonds. The number of carbonyl (C=O) groups is 1. The summed E-state index contributed by atoms with van der Waals surface area (Å²) in [6, 6.07) is 9.09. The molecule has 1 heterocycles. The number of likely N-dealkylation sites (tertiary alicyclic amines) is 1. The van der Waals surface area contributed by atoms with Crippen LogP contribution in [0.1, 0.15) is 43.0 Å². The zero-order chi connectivity index (χ0) is 27.3. The standard InChI is InChI=1S/C31H43NO7/c1-5-32-15-29(16-36-2)12-11-21(33)31-19-13-18-20(37-3)14-30(35,23(27(31)32)25(38-4)26(29)31)22(19)24(18)39-28(34)17-9-7-6-8-10-17/h6-10,18-27,33,35H,5,11-16H2,1-4H3/t18-,19-,20+,21+,22-,23-,24+,25+,26-,27?,29+,30-,31+/m1/s1. The molecule has 5 aliphatic carbocycles. The predicted molar refractivity (Wildman–Crippen MR) is 142 cm³/mol. The van der Waals surface area contributed by atoms with Crippen LogP contribution in [0.3, 0.4) is 0 Å². The number of nitrogens with zero attached hydrogens (tertiary/aromatic N) is 1. The molecule has 1 aliphatic heterocycles. The molecule has 0 aromatic heterocycles. The molecule has 6 fully saturated rings. The minimum atomic E-state index is -1.15. The molecule has 13 atom stereocenters. The normalized spacial score (nSPS) is 51.1. The van der Waals surface area contributed by atoms with E-state index in [9.17, 15) is 15.0 Å². The largest absolute Gasteiger partial charge is 0.458 e. The molecule has 1 aromatic carbocycles. The molecular weight excluding hydrogens is 498 g/mol. The fourth-order valence-corrected chi connectivity index (χ4v) is 11.6. The van der Waals surface area contributed by atoms with Gasteiger partial charge in [0, 0.05) is 74.8 Å². The van der Waals surface area contributed by atoms with Crippen LogP contribution in [-0.4, -0.2) is 98.2 Å². The fraction of sp³-hybridized carbons (Fsp3) is 0.774. The third kappa shape index (κ3) is 3.08. The van der Waals surface area contributed by atoms with E-state index in [0.717, 1.165) is 25.9 Å². The van der Waals surface area contributed by atoms with Crippen LogP contribution in [0.25, 0.3) is 0 Å². The first kappa shape index (κ1) is 26.4. The van der Waals surface area contributed by atoms with Crippen LogP contribution in [-0.2, 0) is 18.9 Å². The smallest absolute Gasteiger partial charge is 0.338 e. The van der Waals surface area contributed by atoms with Crippen molar-refractivity contribution in [1.29, 1.82) is 0 Å². The quantitative estimate of drug-likeness (QED) is 0.508. The highest BCUT2D eigenvalue weighted by Gasteiger charge is 2.86. The highest BCUT2D eigenvalue weighted by atomic mass is 16.6. The first-order valence-corrected chi connectivity index (χ1v) is 14.8. The van der Waals surface area contributed by atoms with Gasteiger partial charge in [0.25, 0.3) is 0 Å². The van der Waals surface area contributed by atoms with Gasteiger partial charge in [-0.3, -0.25) is 4.90 Å². The maximum atomic E-state index is 13.4. The number of piperidine rings is 1. The Morgan fingerprint density at radius 2 is 1.87 bits per heavy atom. The number of carbonyl (C=O) groups excluding carboxylic acids is 1. The molecule has 0 radical (unpaired) electrons. The Hall–Kier alpha value is -1.55. The van der Waals surface area contributed by atoms with Gasteiger partial charge in [-0.05, 0) is 43.9 Å². The number of hydrogen-bond donors (Lipinski definition) is 2. The van der Waals surface area contributed by atoms with Crippen molar-refractivity contribution in [1.82, 2.24) is 4.90 Å². The molecule has 1 unspecified atom stereocenters. The van der Waals surface area contributed by atoms with E-state index in [1.807, 2.05) is 18.2 Å². The van der Waals surface area contributed by atoms with Crippen LogP contribution >= 0.6 is 0 Å². The van der Waals surface area contributed by atoms with E-state index < -0.39 is 23.2 Å². The van der Waals surface area contributed by atoms with Gasteiger partial charge in [0.15, 0.2) is 0 Å². The van der Waals surface area contributed by atoms with Crippen LogP contribution in [0.5, 0.6) is 0 Å². The van der Waals surface area contributed by atoms with Gasteiger partial charge in [-0.15, -0.1) is 0 Å². The highest BCUT2D eigenvalue weighted by molar-refractivity contribution is 5.89. The van der Waals surface area contributed by atoms with Crippen LogP contribution in [0, 0.1) is 40.4 Å². The molecule has 214 valence electrons. The molecule has 6 aliphatic rings. The van der Waals surface area contributed by atoms with Gasteiger partial charge in [-0.1, -0.05) is 25.1 Å². The SMILES string of the molecule is CCN1C[C@]2(COC)CC[C@H](O)[C@]34C1[C@@H]([C@H](OC)[C@H]23)[C@@]1(O)C[C@H](OC)[C@H]2C[C@@H]4[C@@H]1[C@H]2OC(=O)c1ccccc1. The van der Waals surface area contributed by atoms with Gasteiger partial charge in [-0.25, -0.2) is 4.79 Å². The van der Waals surface area contributed by atoms with Crippen LogP contribution < -0.4 is 0 Å². The summed E-state index contributed by atoms with van der Waals surface area (Å²) >= 11 is 0. The van der Waals surface area contributed by atoms with Gasteiger partial charge in [0.1, 0.15) is 6.10 Å². The van der Waals surface area contributed by atoms with Crippen molar-refractivity contribution in [3.05, 3.63) is 35.9 Å². The van der Waals surface area contributed by atoms with Crippen molar-refractivity contribution in [3.63, 3.8) is 0 Å². The summed E-state index contributed by atoms with van der Waals surface area (Å²) in [5, 5.41) is 25.2. The van der Waals surface area contributed by atoms with Crippen LogP contribution in [0.4, 0.5) is 0 Å². The van der Waals surface area contributed by atoms with Crippen molar-refractivity contribution < 1.29 is 34.0 Å². The third-order valence-electron chi connectivity index (χ3n) is 12.3. The number of rotatable bonds is 7. The molecule has 1 spiro atoms. The minimum Gasteiger partial charge on any atom is -0.458 e. The molecule has 7 rings (SSSR count). The van der Waals surface area contributed by atoms with E-state index in [1.54, 1.807) is 33.5 Å². The summed E-state index contributed by atoms with van der Waals surface area (Å²) in [4.78, 5) is 15.9. The number of benzene rings is 1. The Balaban J connectivity index is 1.41. The predicted octanol–water partition coefficient (Wildman–Crippen LogP) is 2.37. The van der Waals surface area contributed by atoms with Crippen molar-refractivity contribution in [2.75, 3.05) is 41.0 Å². The zero-order valence-electron chi connectivity index (χ0n) is 23.5. The summed E-state index contributed by atoms with van der Waals surface area (Å²) < 4.78 is 24.8. The van der Waals surface area contributed by atoms with Gasteiger partial charge < -0.3 is 29.2 Å². The lowest BCUT2D eigenvalue weighted by Crippen LogP contribution is -2.76. The summed E-state index contributed by atoms with van der Waals surface area (Å²) in [5.74, 6) is -0.869. The number of aliphatic hydroxyl groups excluding tert-OH is 1. The lowest BCUT2D eigenvalue weighted by Gasteiger charge is -2.68. The van der Waals surface area contributed by atoms with Gasteiger partial charge >= 0.3 is 5.97 Å². The third-order valence-corrected chi connectivity index (χ3v) is 12.3. The van der Waals surface area contributed by atoms with Gasteiger partial charge in [0.05, 0.1) is 36.1 Å².